The smallest absolute Gasteiger partial charge is 0.307 e. The Morgan fingerprint density at radius 3 is 2.45 bits per heavy atom. The standard InChI is InChI=1S/C14H27NO5/c1-4-20-14(18)5-6-15(7-9-19-10-8-16)13(17)11-12(2)3/h12,16H,4-11H2,1-3H3. The molecule has 0 unspecified atom stereocenters. The lowest BCUT2D eigenvalue weighted by atomic mass is 10.1. The minimum absolute atomic E-state index is 0.0110. The maximum atomic E-state index is 12.1. The van der Waals surface area contributed by atoms with Gasteiger partial charge in [0.1, 0.15) is 0 Å². The van der Waals surface area contributed by atoms with Gasteiger partial charge in [0.2, 0.25) is 5.91 Å². The predicted octanol–water partition coefficient (Wildman–Crippen LogP) is 0.823. The van der Waals surface area contributed by atoms with Crippen molar-refractivity contribution in [2.45, 2.75) is 33.6 Å². The maximum Gasteiger partial charge on any atom is 0.307 e. The molecule has 0 aromatic rings. The van der Waals surface area contributed by atoms with Crippen LogP contribution >= 0.6 is 0 Å². The molecule has 0 saturated heterocycles. The van der Waals surface area contributed by atoms with Crippen molar-refractivity contribution < 1.29 is 24.2 Å². The van der Waals surface area contributed by atoms with Crippen LogP contribution in [0.25, 0.3) is 0 Å². The van der Waals surface area contributed by atoms with Crippen molar-refractivity contribution in [2.24, 2.45) is 5.92 Å². The van der Waals surface area contributed by atoms with Crippen molar-refractivity contribution >= 4 is 11.9 Å². The normalized spacial score (nSPS) is 10.7. The number of carbonyl (C=O) groups excluding carboxylic acids is 2. The monoisotopic (exact) mass is 289 g/mol. The summed E-state index contributed by atoms with van der Waals surface area (Å²) in [5.74, 6) is -0.0195. The van der Waals surface area contributed by atoms with E-state index in [0.29, 0.717) is 32.7 Å². The Bertz CT molecular complexity index is 281. The Labute approximate surface area is 121 Å². The molecule has 0 aliphatic heterocycles. The van der Waals surface area contributed by atoms with Crippen molar-refractivity contribution in [3.05, 3.63) is 0 Å². The number of hydrogen-bond donors (Lipinski definition) is 1. The quantitative estimate of drug-likeness (QED) is 0.450. The first-order valence-electron chi connectivity index (χ1n) is 7.13. The maximum absolute atomic E-state index is 12.1. The van der Waals surface area contributed by atoms with Crippen LogP contribution in [0.4, 0.5) is 0 Å². The summed E-state index contributed by atoms with van der Waals surface area (Å²) in [6, 6.07) is 0. The minimum atomic E-state index is -0.300. The number of hydrogen-bond acceptors (Lipinski definition) is 5. The average molecular weight is 289 g/mol. The summed E-state index contributed by atoms with van der Waals surface area (Å²) in [6.07, 6.45) is 0.639. The molecule has 0 aromatic carbocycles. The summed E-state index contributed by atoms with van der Waals surface area (Å²) in [5, 5.41) is 8.63. The minimum Gasteiger partial charge on any atom is -0.466 e. The molecule has 118 valence electrons. The molecule has 0 aliphatic carbocycles. The number of nitrogens with zero attached hydrogens (tertiary/aromatic N) is 1. The lowest BCUT2D eigenvalue weighted by molar-refractivity contribution is -0.144. The summed E-state index contributed by atoms with van der Waals surface area (Å²) in [5.41, 5.74) is 0. The molecular formula is C14H27NO5. The van der Waals surface area contributed by atoms with Gasteiger partial charge in [0.15, 0.2) is 0 Å². The number of aliphatic hydroxyl groups excluding tert-OH is 1. The number of carbonyl (C=O) groups is 2. The van der Waals surface area contributed by atoms with Crippen LogP contribution in [0.15, 0.2) is 0 Å². The van der Waals surface area contributed by atoms with Gasteiger partial charge in [0.05, 0.1) is 32.8 Å². The van der Waals surface area contributed by atoms with Crippen LogP contribution in [-0.2, 0) is 19.1 Å². The molecule has 0 radical (unpaired) electrons. The molecule has 0 atom stereocenters. The van der Waals surface area contributed by atoms with E-state index in [2.05, 4.69) is 0 Å². The lowest BCUT2D eigenvalue weighted by Crippen LogP contribution is -2.36. The van der Waals surface area contributed by atoms with E-state index in [-0.39, 0.29) is 37.4 Å². The summed E-state index contributed by atoms with van der Waals surface area (Å²) in [4.78, 5) is 25.0. The summed E-state index contributed by atoms with van der Waals surface area (Å²) < 4.78 is 10.0. The summed E-state index contributed by atoms with van der Waals surface area (Å²) in [6.45, 7) is 7.38. The molecule has 0 aliphatic rings. The van der Waals surface area contributed by atoms with Crippen molar-refractivity contribution in [2.75, 3.05) is 39.5 Å². The average Bonchev–Trinajstić information content (AvgIpc) is 2.37. The molecule has 1 amide bonds. The highest BCUT2D eigenvalue weighted by atomic mass is 16.5. The first kappa shape index (κ1) is 18.9. The Morgan fingerprint density at radius 2 is 1.90 bits per heavy atom. The van der Waals surface area contributed by atoms with Crippen molar-refractivity contribution in [3.63, 3.8) is 0 Å². The number of ether oxygens (including phenoxy) is 2. The molecule has 0 fully saturated rings. The highest BCUT2D eigenvalue weighted by Gasteiger charge is 2.16. The first-order chi connectivity index (χ1) is 9.51. The van der Waals surface area contributed by atoms with Gasteiger partial charge >= 0.3 is 5.97 Å². The first-order valence-corrected chi connectivity index (χ1v) is 7.13. The van der Waals surface area contributed by atoms with Crippen LogP contribution in [0.3, 0.4) is 0 Å². The number of rotatable bonds is 11. The molecule has 0 heterocycles. The van der Waals surface area contributed by atoms with Crippen LogP contribution in [-0.4, -0.2) is 61.4 Å². The molecule has 6 heteroatoms. The fraction of sp³-hybridized carbons (Fsp3) is 0.857. The third-order valence-corrected chi connectivity index (χ3v) is 2.57. The molecular weight excluding hydrogens is 262 g/mol. The molecule has 20 heavy (non-hydrogen) atoms. The summed E-state index contributed by atoms with van der Waals surface area (Å²) in [7, 11) is 0. The zero-order valence-corrected chi connectivity index (χ0v) is 12.8. The van der Waals surface area contributed by atoms with Crippen LogP contribution < -0.4 is 0 Å². The Morgan fingerprint density at radius 1 is 1.20 bits per heavy atom. The van der Waals surface area contributed by atoms with Gasteiger partial charge in [-0.3, -0.25) is 9.59 Å². The van der Waals surface area contributed by atoms with Gasteiger partial charge in [0, 0.05) is 19.5 Å². The van der Waals surface area contributed by atoms with Gasteiger partial charge in [-0.15, -0.1) is 0 Å². The van der Waals surface area contributed by atoms with E-state index in [1.807, 2.05) is 13.8 Å². The topological polar surface area (TPSA) is 76.1 Å². The zero-order chi connectivity index (χ0) is 15.4. The van der Waals surface area contributed by atoms with Crippen molar-refractivity contribution in [3.8, 4) is 0 Å². The van der Waals surface area contributed by atoms with Gasteiger partial charge in [-0.25, -0.2) is 0 Å². The van der Waals surface area contributed by atoms with Gasteiger partial charge in [-0.2, -0.15) is 0 Å². The van der Waals surface area contributed by atoms with E-state index < -0.39 is 0 Å². The molecule has 1 N–H and O–H groups in total. The molecule has 0 saturated carbocycles. The van der Waals surface area contributed by atoms with Crippen LogP contribution in [0.2, 0.25) is 0 Å². The lowest BCUT2D eigenvalue weighted by Gasteiger charge is -2.23. The molecule has 0 bridgehead atoms. The van der Waals surface area contributed by atoms with E-state index in [1.54, 1.807) is 11.8 Å². The second-order valence-corrected chi connectivity index (χ2v) is 4.87. The van der Waals surface area contributed by atoms with E-state index in [4.69, 9.17) is 14.6 Å². The SMILES string of the molecule is CCOC(=O)CCN(CCOCCO)C(=O)CC(C)C. The number of esters is 1. The number of amides is 1. The van der Waals surface area contributed by atoms with Gasteiger partial charge in [-0.05, 0) is 12.8 Å². The molecule has 0 spiro atoms. The highest BCUT2D eigenvalue weighted by molar-refractivity contribution is 5.77. The third kappa shape index (κ3) is 9.75. The van der Waals surface area contributed by atoms with Gasteiger partial charge < -0.3 is 19.5 Å². The zero-order valence-electron chi connectivity index (χ0n) is 12.8. The fourth-order valence-corrected chi connectivity index (χ4v) is 1.64. The third-order valence-electron chi connectivity index (χ3n) is 2.57. The van der Waals surface area contributed by atoms with Crippen LogP contribution in [0, 0.1) is 5.92 Å². The van der Waals surface area contributed by atoms with Crippen LogP contribution in [0.1, 0.15) is 33.6 Å². The van der Waals surface area contributed by atoms with E-state index in [9.17, 15) is 9.59 Å². The van der Waals surface area contributed by atoms with E-state index >= 15 is 0 Å². The largest absolute Gasteiger partial charge is 0.466 e. The van der Waals surface area contributed by atoms with E-state index in [1.165, 1.54) is 0 Å². The van der Waals surface area contributed by atoms with Crippen molar-refractivity contribution in [1.82, 2.24) is 4.90 Å². The van der Waals surface area contributed by atoms with Crippen molar-refractivity contribution in [1.29, 1.82) is 0 Å². The highest BCUT2D eigenvalue weighted by Crippen LogP contribution is 2.05. The summed E-state index contributed by atoms with van der Waals surface area (Å²) >= 11 is 0. The Hall–Kier alpha value is -1.14. The van der Waals surface area contributed by atoms with Gasteiger partial charge in [-0.1, -0.05) is 13.8 Å². The molecule has 6 nitrogen and oxygen atoms in total. The molecule has 0 aromatic heterocycles. The molecule has 0 rings (SSSR count). The second kappa shape index (κ2) is 11.7. The Balaban J connectivity index is 4.23. The van der Waals surface area contributed by atoms with E-state index in [0.717, 1.165) is 0 Å². The number of aliphatic hydroxyl groups is 1. The van der Waals surface area contributed by atoms with Gasteiger partial charge in [0.25, 0.3) is 0 Å². The van der Waals surface area contributed by atoms with Crippen LogP contribution in [0.5, 0.6) is 0 Å². The Kier molecular flexibility index (Phi) is 11.0. The fourth-order valence-electron chi connectivity index (χ4n) is 1.64. The second-order valence-electron chi connectivity index (χ2n) is 4.87. The predicted molar refractivity (Wildman–Crippen MR) is 75.2 cm³/mol.